The Labute approximate surface area is 142 Å². The van der Waals surface area contributed by atoms with Gasteiger partial charge < -0.3 is 18.3 Å². The maximum absolute atomic E-state index is 5.61. The standard InChI is InChI=1S/C17H14N4O4/c1-22-11-8-6-10(7-9-11)15-20-21-17(25-15)19-16-18-14-12(23-2)4-3-5-13(14)24-16/h3-9H,1-2H3,(H,18,19,21). The second kappa shape index (κ2) is 6.16. The Morgan fingerprint density at radius 3 is 2.48 bits per heavy atom. The molecule has 126 valence electrons. The Kier molecular flexibility index (Phi) is 3.70. The van der Waals surface area contributed by atoms with Crippen molar-refractivity contribution in [3.63, 3.8) is 0 Å². The number of methoxy groups -OCH3 is 2. The zero-order valence-electron chi connectivity index (χ0n) is 13.5. The van der Waals surface area contributed by atoms with E-state index < -0.39 is 0 Å². The van der Waals surface area contributed by atoms with Crippen LogP contribution < -0.4 is 14.8 Å². The number of rotatable bonds is 5. The Balaban J connectivity index is 1.58. The number of nitrogens with zero attached hydrogens (tertiary/aromatic N) is 3. The first-order valence-corrected chi connectivity index (χ1v) is 7.45. The Hall–Kier alpha value is -3.55. The first kappa shape index (κ1) is 15.0. The van der Waals surface area contributed by atoms with E-state index in [1.807, 2.05) is 36.4 Å². The minimum Gasteiger partial charge on any atom is -0.497 e. The summed E-state index contributed by atoms with van der Waals surface area (Å²) in [6.45, 7) is 0. The van der Waals surface area contributed by atoms with Crippen LogP contribution in [0.25, 0.3) is 22.6 Å². The molecule has 4 aromatic rings. The molecule has 0 aliphatic rings. The SMILES string of the molecule is COc1ccc(-c2nnc(Nc3nc4c(OC)cccc4o3)o2)cc1. The molecule has 0 bridgehead atoms. The van der Waals surface area contributed by atoms with Crippen molar-refractivity contribution in [1.82, 2.24) is 15.2 Å². The van der Waals surface area contributed by atoms with Crippen molar-refractivity contribution in [3.8, 4) is 23.0 Å². The molecule has 25 heavy (non-hydrogen) atoms. The van der Waals surface area contributed by atoms with Crippen LogP contribution in [0.3, 0.4) is 0 Å². The van der Waals surface area contributed by atoms with Crippen LogP contribution >= 0.6 is 0 Å². The summed E-state index contributed by atoms with van der Waals surface area (Å²) in [5, 5.41) is 10.8. The third-order valence-electron chi connectivity index (χ3n) is 3.58. The molecular formula is C17H14N4O4. The number of nitrogens with one attached hydrogen (secondary N) is 1. The number of fused-ring (bicyclic) bond motifs is 1. The van der Waals surface area contributed by atoms with Gasteiger partial charge in [-0.15, -0.1) is 5.10 Å². The molecule has 0 fully saturated rings. The number of anilines is 2. The first-order chi connectivity index (χ1) is 12.3. The number of ether oxygens (including phenoxy) is 2. The van der Waals surface area contributed by atoms with E-state index in [-0.39, 0.29) is 12.0 Å². The van der Waals surface area contributed by atoms with E-state index in [4.69, 9.17) is 18.3 Å². The molecule has 0 spiro atoms. The highest BCUT2D eigenvalue weighted by molar-refractivity contribution is 5.81. The fourth-order valence-corrected chi connectivity index (χ4v) is 2.36. The fraction of sp³-hybridized carbons (Fsp3) is 0.118. The van der Waals surface area contributed by atoms with Crippen molar-refractivity contribution in [2.24, 2.45) is 0 Å². The zero-order valence-corrected chi connectivity index (χ0v) is 13.5. The van der Waals surface area contributed by atoms with Crippen molar-refractivity contribution in [3.05, 3.63) is 42.5 Å². The summed E-state index contributed by atoms with van der Waals surface area (Å²) < 4.78 is 21.6. The topological polar surface area (TPSA) is 95.4 Å². The predicted octanol–water partition coefficient (Wildman–Crippen LogP) is 3.64. The van der Waals surface area contributed by atoms with Gasteiger partial charge in [0.2, 0.25) is 5.89 Å². The van der Waals surface area contributed by atoms with Crippen molar-refractivity contribution < 1.29 is 18.3 Å². The van der Waals surface area contributed by atoms with Crippen LogP contribution in [0.2, 0.25) is 0 Å². The molecule has 2 aromatic carbocycles. The quantitative estimate of drug-likeness (QED) is 0.589. The molecule has 2 heterocycles. The predicted molar refractivity (Wildman–Crippen MR) is 90.1 cm³/mol. The van der Waals surface area contributed by atoms with E-state index in [0.29, 0.717) is 22.7 Å². The van der Waals surface area contributed by atoms with Gasteiger partial charge in [0.1, 0.15) is 11.5 Å². The second-order valence-electron chi connectivity index (χ2n) is 5.09. The van der Waals surface area contributed by atoms with Crippen LogP contribution in [0, 0.1) is 0 Å². The Morgan fingerprint density at radius 1 is 0.880 bits per heavy atom. The van der Waals surface area contributed by atoms with Crippen LogP contribution in [-0.2, 0) is 0 Å². The highest BCUT2D eigenvalue weighted by Gasteiger charge is 2.14. The molecular weight excluding hydrogens is 324 g/mol. The molecule has 0 unspecified atom stereocenters. The molecule has 8 heteroatoms. The van der Waals surface area contributed by atoms with Gasteiger partial charge in [0.15, 0.2) is 11.1 Å². The molecule has 0 aliphatic carbocycles. The van der Waals surface area contributed by atoms with Crippen LogP contribution in [0.1, 0.15) is 0 Å². The molecule has 0 amide bonds. The average molecular weight is 338 g/mol. The van der Waals surface area contributed by atoms with Crippen molar-refractivity contribution in [2.45, 2.75) is 0 Å². The van der Waals surface area contributed by atoms with Crippen molar-refractivity contribution in [1.29, 1.82) is 0 Å². The number of hydrogen-bond acceptors (Lipinski definition) is 8. The molecule has 0 saturated carbocycles. The summed E-state index contributed by atoms with van der Waals surface area (Å²) in [7, 11) is 3.19. The van der Waals surface area contributed by atoms with E-state index in [2.05, 4.69) is 20.5 Å². The first-order valence-electron chi connectivity index (χ1n) is 7.45. The monoisotopic (exact) mass is 338 g/mol. The Morgan fingerprint density at radius 2 is 1.72 bits per heavy atom. The fourth-order valence-electron chi connectivity index (χ4n) is 2.36. The lowest BCUT2D eigenvalue weighted by molar-refractivity contribution is 0.415. The summed E-state index contributed by atoms with van der Waals surface area (Å²) in [4.78, 5) is 4.34. The third-order valence-corrected chi connectivity index (χ3v) is 3.58. The lowest BCUT2D eigenvalue weighted by Crippen LogP contribution is -1.90. The molecule has 2 aromatic heterocycles. The number of hydrogen-bond donors (Lipinski definition) is 1. The third kappa shape index (κ3) is 2.85. The van der Waals surface area contributed by atoms with Gasteiger partial charge in [-0.2, -0.15) is 4.98 Å². The van der Waals surface area contributed by atoms with Gasteiger partial charge in [-0.25, -0.2) is 0 Å². The maximum Gasteiger partial charge on any atom is 0.323 e. The van der Waals surface area contributed by atoms with Gasteiger partial charge in [-0.1, -0.05) is 11.2 Å². The number of oxazole rings is 1. The minimum absolute atomic E-state index is 0.177. The molecule has 0 atom stereocenters. The van der Waals surface area contributed by atoms with Crippen molar-refractivity contribution in [2.75, 3.05) is 19.5 Å². The zero-order chi connectivity index (χ0) is 17.2. The highest BCUT2D eigenvalue weighted by atomic mass is 16.5. The average Bonchev–Trinajstić information content (AvgIpc) is 3.28. The summed E-state index contributed by atoms with van der Waals surface area (Å²) in [6.07, 6.45) is 0. The molecule has 0 aliphatic heterocycles. The van der Waals surface area contributed by atoms with E-state index >= 15 is 0 Å². The maximum atomic E-state index is 5.61. The van der Waals surface area contributed by atoms with Crippen LogP contribution in [0.4, 0.5) is 12.0 Å². The molecule has 8 nitrogen and oxygen atoms in total. The van der Waals surface area contributed by atoms with E-state index in [1.165, 1.54) is 0 Å². The lowest BCUT2D eigenvalue weighted by atomic mass is 10.2. The van der Waals surface area contributed by atoms with Gasteiger partial charge in [0.05, 0.1) is 14.2 Å². The molecule has 0 radical (unpaired) electrons. The van der Waals surface area contributed by atoms with E-state index in [0.717, 1.165) is 11.3 Å². The number of benzene rings is 2. The molecule has 1 N–H and O–H groups in total. The highest BCUT2D eigenvalue weighted by Crippen LogP contribution is 2.29. The smallest absolute Gasteiger partial charge is 0.323 e. The van der Waals surface area contributed by atoms with Gasteiger partial charge in [0, 0.05) is 5.56 Å². The largest absolute Gasteiger partial charge is 0.497 e. The summed E-state index contributed by atoms with van der Waals surface area (Å²) in [5.74, 6) is 1.75. The van der Waals surface area contributed by atoms with Gasteiger partial charge >= 0.3 is 12.0 Å². The van der Waals surface area contributed by atoms with Gasteiger partial charge in [-0.3, -0.25) is 5.32 Å². The van der Waals surface area contributed by atoms with Gasteiger partial charge in [0.25, 0.3) is 0 Å². The van der Waals surface area contributed by atoms with E-state index in [1.54, 1.807) is 20.3 Å². The summed E-state index contributed by atoms with van der Waals surface area (Å²) in [6, 6.07) is 13.2. The number of aromatic nitrogens is 3. The van der Waals surface area contributed by atoms with E-state index in [9.17, 15) is 0 Å². The van der Waals surface area contributed by atoms with Gasteiger partial charge in [-0.05, 0) is 36.4 Å². The Bertz CT molecular complexity index is 1010. The summed E-state index contributed by atoms with van der Waals surface area (Å²) >= 11 is 0. The van der Waals surface area contributed by atoms with Crippen molar-refractivity contribution >= 4 is 23.1 Å². The van der Waals surface area contributed by atoms with Crippen LogP contribution in [0.5, 0.6) is 11.5 Å². The molecule has 4 rings (SSSR count). The second-order valence-corrected chi connectivity index (χ2v) is 5.09. The van der Waals surface area contributed by atoms with Crippen LogP contribution in [-0.4, -0.2) is 29.4 Å². The number of para-hydroxylation sites is 1. The minimum atomic E-state index is 0.177. The summed E-state index contributed by atoms with van der Waals surface area (Å²) in [5.41, 5.74) is 1.99. The molecule has 0 saturated heterocycles. The van der Waals surface area contributed by atoms with Crippen LogP contribution in [0.15, 0.2) is 51.3 Å². The normalized spacial score (nSPS) is 10.8. The lowest BCUT2D eigenvalue weighted by Gasteiger charge is -1.99.